The van der Waals surface area contributed by atoms with E-state index < -0.39 is 5.97 Å². The van der Waals surface area contributed by atoms with E-state index in [4.69, 9.17) is 9.84 Å². The molecule has 23 heavy (non-hydrogen) atoms. The number of rotatable bonds is 5. The number of carboxylic acids is 1. The van der Waals surface area contributed by atoms with Crippen LogP contribution in [0.3, 0.4) is 0 Å². The third-order valence-electron chi connectivity index (χ3n) is 3.80. The van der Waals surface area contributed by atoms with Crippen molar-refractivity contribution in [2.24, 2.45) is 5.92 Å². The lowest BCUT2D eigenvalue weighted by Gasteiger charge is -2.31. The van der Waals surface area contributed by atoms with Gasteiger partial charge in [0.25, 0.3) is 0 Å². The van der Waals surface area contributed by atoms with Crippen LogP contribution in [0.1, 0.15) is 19.8 Å². The zero-order valence-electron chi connectivity index (χ0n) is 13.0. The van der Waals surface area contributed by atoms with Crippen molar-refractivity contribution in [2.75, 3.05) is 19.7 Å². The fourth-order valence-corrected chi connectivity index (χ4v) is 2.45. The van der Waals surface area contributed by atoms with Gasteiger partial charge in [-0.05, 0) is 31.9 Å². The summed E-state index contributed by atoms with van der Waals surface area (Å²) in [5.41, 5.74) is 0. The summed E-state index contributed by atoms with van der Waals surface area (Å²) in [7, 11) is 0. The third kappa shape index (κ3) is 5.12. The predicted octanol–water partition coefficient (Wildman–Crippen LogP) is 2.10. The summed E-state index contributed by atoms with van der Waals surface area (Å²) in [6.45, 7) is 2.88. The van der Waals surface area contributed by atoms with E-state index in [1.807, 2.05) is 0 Å². The Balaban J connectivity index is 1.73. The van der Waals surface area contributed by atoms with Crippen LogP contribution in [0.2, 0.25) is 0 Å². The molecule has 0 spiro atoms. The van der Waals surface area contributed by atoms with Crippen LogP contribution in [0.4, 0.5) is 9.18 Å². The molecular weight excluding hydrogens is 303 g/mol. The highest BCUT2D eigenvalue weighted by molar-refractivity contribution is 5.75. The van der Waals surface area contributed by atoms with Crippen molar-refractivity contribution in [1.82, 2.24) is 10.2 Å². The second kappa shape index (κ2) is 7.80. The Labute approximate surface area is 134 Å². The van der Waals surface area contributed by atoms with Crippen molar-refractivity contribution in [2.45, 2.75) is 25.8 Å². The van der Waals surface area contributed by atoms with E-state index in [0.29, 0.717) is 31.7 Å². The second-order valence-electron chi connectivity index (χ2n) is 5.72. The normalized spacial score (nSPS) is 16.7. The first kappa shape index (κ1) is 17.1. The summed E-state index contributed by atoms with van der Waals surface area (Å²) in [6, 6.07) is 5.34. The van der Waals surface area contributed by atoms with Gasteiger partial charge in [0.05, 0.1) is 12.0 Å². The number of urea groups is 1. The molecule has 1 aliphatic rings. The molecule has 1 saturated heterocycles. The number of hydrogen-bond acceptors (Lipinski definition) is 3. The number of carboxylic acid groups (broad SMARTS) is 1. The number of aliphatic carboxylic acids is 1. The lowest BCUT2D eigenvalue weighted by molar-refractivity contribution is -0.143. The summed E-state index contributed by atoms with van der Waals surface area (Å²) in [5.74, 6) is -1.14. The maximum Gasteiger partial charge on any atom is 0.317 e. The van der Waals surface area contributed by atoms with Crippen LogP contribution in [0.25, 0.3) is 0 Å². The number of hydrogen-bond donors (Lipinski definition) is 2. The van der Waals surface area contributed by atoms with Gasteiger partial charge < -0.3 is 20.1 Å². The van der Waals surface area contributed by atoms with Crippen molar-refractivity contribution in [3.63, 3.8) is 0 Å². The lowest BCUT2D eigenvalue weighted by Crippen LogP contribution is -2.49. The minimum absolute atomic E-state index is 0.223. The number of ether oxygens (including phenoxy) is 1. The van der Waals surface area contributed by atoms with E-state index in [-0.39, 0.29) is 30.4 Å². The molecule has 1 atom stereocenters. The first-order valence-corrected chi connectivity index (χ1v) is 7.62. The van der Waals surface area contributed by atoms with E-state index in [0.717, 1.165) is 0 Å². The van der Waals surface area contributed by atoms with Crippen molar-refractivity contribution >= 4 is 12.0 Å². The first-order valence-electron chi connectivity index (χ1n) is 7.62. The average molecular weight is 324 g/mol. The summed E-state index contributed by atoms with van der Waals surface area (Å²) in [5, 5.41) is 11.7. The molecule has 1 heterocycles. The number of nitrogens with one attached hydrogen (secondary N) is 1. The Hall–Kier alpha value is -2.31. The highest BCUT2D eigenvalue weighted by Crippen LogP contribution is 2.17. The number of carbonyl (C=O) groups is 2. The van der Waals surface area contributed by atoms with Gasteiger partial charge in [0, 0.05) is 19.2 Å². The number of nitrogens with zero attached hydrogens (tertiary/aromatic N) is 1. The van der Waals surface area contributed by atoms with Crippen LogP contribution in [0.5, 0.6) is 5.75 Å². The molecular formula is C16H21FN2O4. The zero-order valence-corrected chi connectivity index (χ0v) is 13.0. The van der Waals surface area contributed by atoms with Gasteiger partial charge in [-0.15, -0.1) is 0 Å². The lowest BCUT2D eigenvalue weighted by atomic mass is 9.97. The first-order chi connectivity index (χ1) is 11.0. The average Bonchev–Trinajstić information content (AvgIpc) is 2.53. The highest BCUT2D eigenvalue weighted by Gasteiger charge is 2.27. The molecule has 7 heteroatoms. The maximum atomic E-state index is 13.0. The maximum absolute atomic E-state index is 13.0. The van der Waals surface area contributed by atoms with Crippen LogP contribution in [-0.4, -0.2) is 47.7 Å². The van der Waals surface area contributed by atoms with E-state index in [9.17, 15) is 14.0 Å². The molecule has 1 unspecified atom stereocenters. The summed E-state index contributed by atoms with van der Waals surface area (Å²) in [4.78, 5) is 24.6. The van der Waals surface area contributed by atoms with Gasteiger partial charge in [-0.25, -0.2) is 9.18 Å². The van der Waals surface area contributed by atoms with Gasteiger partial charge in [0.2, 0.25) is 0 Å². The van der Waals surface area contributed by atoms with Gasteiger partial charge in [-0.1, -0.05) is 6.07 Å². The zero-order chi connectivity index (χ0) is 16.8. The molecule has 6 nitrogen and oxygen atoms in total. The Kier molecular flexibility index (Phi) is 5.78. The van der Waals surface area contributed by atoms with Crippen LogP contribution in [0, 0.1) is 11.7 Å². The van der Waals surface area contributed by atoms with Crippen LogP contribution in [-0.2, 0) is 4.79 Å². The summed E-state index contributed by atoms with van der Waals surface area (Å²) < 4.78 is 18.5. The molecule has 0 radical (unpaired) electrons. The SMILES string of the molecule is CC(COc1cccc(F)c1)NC(=O)N1CCC(C(=O)O)CC1. The van der Waals surface area contributed by atoms with Crippen LogP contribution >= 0.6 is 0 Å². The molecule has 1 aliphatic heterocycles. The molecule has 1 aromatic rings. The fraction of sp³-hybridized carbons (Fsp3) is 0.500. The van der Waals surface area contributed by atoms with Crippen molar-refractivity contribution in [3.8, 4) is 5.75 Å². The Morgan fingerprint density at radius 1 is 1.43 bits per heavy atom. The van der Waals surface area contributed by atoms with E-state index in [1.165, 1.54) is 12.1 Å². The van der Waals surface area contributed by atoms with Crippen molar-refractivity contribution in [1.29, 1.82) is 0 Å². The smallest absolute Gasteiger partial charge is 0.317 e. The Morgan fingerprint density at radius 3 is 2.74 bits per heavy atom. The number of halogens is 1. The van der Waals surface area contributed by atoms with E-state index >= 15 is 0 Å². The standard InChI is InChI=1S/C16H21FN2O4/c1-11(10-23-14-4-2-3-13(17)9-14)18-16(22)19-7-5-12(6-8-19)15(20)21/h2-4,9,11-12H,5-8,10H2,1H3,(H,18,22)(H,20,21). The number of likely N-dealkylation sites (tertiary alicyclic amines) is 1. The van der Waals surface area contributed by atoms with Crippen LogP contribution < -0.4 is 10.1 Å². The Bertz CT molecular complexity index is 559. The summed E-state index contributed by atoms with van der Waals surface area (Å²) in [6.07, 6.45) is 0.938. The number of piperidine rings is 1. The molecule has 2 rings (SSSR count). The topological polar surface area (TPSA) is 78.9 Å². The largest absolute Gasteiger partial charge is 0.491 e. The molecule has 0 aromatic heterocycles. The molecule has 1 aromatic carbocycles. The van der Waals surface area contributed by atoms with Gasteiger partial charge in [-0.3, -0.25) is 4.79 Å². The number of amides is 2. The predicted molar refractivity (Wildman–Crippen MR) is 81.8 cm³/mol. The van der Waals surface area contributed by atoms with E-state index in [2.05, 4.69) is 5.32 Å². The van der Waals surface area contributed by atoms with E-state index in [1.54, 1.807) is 24.0 Å². The third-order valence-corrected chi connectivity index (χ3v) is 3.80. The molecule has 0 saturated carbocycles. The second-order valence-corrected chi connectivity index (χ2v) is 5.72. The minimum atomic E-state index is -0.804. The molecule has 2 N–H and O–H groups in total. The van der Waals surface area contributed by atoms with Crippen molar-refractivity contribution < 1.29 is 23.8 Å². The molecule has 0 aliphatic carbocycles. The quantitative estimate of drug-likeness (QED) is 0.869. The van der Waals surface area contributed by atoms with Crippen molar-refractivity contribution in [3.05, 3.63) is 30.1 Å². The van der Waals surface area contributed by atoms with Gasteiger partial charge >= 0.3 is 12.0 Å². The minimum Gasteiger partial charge on any atom is -0.491 e. The monoisotopic (exact) mass is 324 g/mol. The molecule has 0 bridgehead atoms. The van der Waals surface area contributed by atoms with Gasteiger partial charge in [0.1, 0.15) is 18.2 Å². The number of benzene rings is 1. The molecule has 1 fully saturated rings. The highest BCUT2D eigenvalue weighted by atomic mass is 19.1. The Morgan fingerprint density at radius 2 is 2.13 bits per heavy atom. The summed E-state index contributed by atoms with van der Waals surface area (Å²) >= 11 is 0. The molecule has 126 valence electrons. The molecule has 2 amide bonds. The number of carbonyl (C=O) groups excluding carboxylic acids is 1. The fourth-order valence-electron chi connectivity index (χ4n) is 2.45. The van der Waals surface area contributed by atoms with Gasteiger partial charge in [0.15, 0.2) is 0 Å². The van der Waals surface area contributed by atoms with Crippen LogP contribution in [0.15, 0.2) is 24.3 Å². The van der Waals surface area contributed by atoms with Gasteiger partial charge in [-0.2, -0.15) is 0 Å².